The van der Waals surface area contributed by atoms with Crippen molar-refractivity contribution in [3.63, 3.8) is 0 Å². The number of rotatable bonds is 9. The molecule has 0 aromatic heterocycles. The Bertz CT molecular complexity index is 875. The third-order valence-corrected chi connectivity index (χ3v) is 4.74. The van der Waals surface area contributed by atoms with Gasteiger partial charge in [-0.3, -0.25) is 14.5 Å². The number of hydrogen-bond acceptors (Lipinski definition) is 5. The summed E-state index contributed by atoms with van der Waals surface area (Å²) in [5.41, 5.74) is 3.87. The maximum absolute atomic E-state index is 12.5. The predicted octanol–water partition coefficient (Wildman–Crippen LogP) is 2.85. The summed E-state index contributed by atoms with van der Waals surface area (Å²) in [6.45, 7) is 4.84. The fourth-order valence-corrected chi connectivity index (χ4v) is 3.38. The van der Waals surface area contributed by atoms with E-state index >= 15 is 0 Å². The van der Waals surface area contributed by atoms with Crippen LogP contribution in [0.15, 0.2) is 36.4 Å². The first-order chi connectivity index (χ1) is 14.2. The highest BCUT2D eigenvalue weighted by Gasteiger charge is 2.16. The zero-order valence-electron chi connectivity index (χ0n) is 18.6. The molecule has 0 atom stereocenters. The van der Waals surface area contributed by atoms with Gasteiger partial charge in [0, 0.05) is 25.3 Å². The monoisotopic (exact) mass is 413 g/mol. The van der Waals surface area contributed by atoms with Gasteiger partial charge >= 0.3 is 0 Å². The SMILES string of the molecule is COc1cccc(NC(=O)CN(C)C(=O)CN(C)Cc2cc(C)c(OC)c(C)c2)c1. The number of hydrogen-bond donors (Lipinski definition) is 1. The van der Waals surface area contributed by atoms with Crippen LogP contribution in [0.2, 0.25) is 0 Å². The van der Waals surface area contributed by atoms with Gasteiger partial charge in [0.1, 0.15) is 11.5 Å². The minimum Gasteiger partial charge on any atom is -0.497 e. The molecule has 0 aliphatic heterocycles. The Hall–Kier alpha value is -3.06. The molecule has 0 saturated carbocycles. The number of carbonyl (C=O) groups is 2. The molecule has 0 saturated heterocycles. The van der Waals surface area contributed by atoms with Crippen LogP contribution in [-0.4, -0.2) is 63.0 Å². The molecule has 0 spiro atoms. The maximum atomic E-state index is 12.5. The van der Waals surface area contributed by atoms with Crippen LogP contribution in [0, 0.1) is 13.8 Å². The summed E-state index contributed by atoms with van der Waals surface area (Å²) in [5.74, 6) is 1.16. The fourth-order valence-electron chi connectivity index (χ4n) is 3.38. The summed E-state index contributed by atoms with van der Waals surface area (Å²) >= 11 is 0. The molecule has 0 bridgehead atoms. The normalized spacial score (nSPS) is 10.6. The van der Waals surface area contributed by atoms with Gasteiger partial charge in [-0.05, 0) is 49.7 Å². The van der Waals surface area contributed by atoms with Gasteiger partial charge in [-0.15, -0.1) is 0 Å². The smallest absolute Gasteiger partial charge is 0.243 e. The van der Waals surface area contributed by atoms with Crippen molar-refractivity contribution in [2.24, 2.45) is 0 Å². The van der Waals surface area contributed by atoms with Gasteiger partial charge < -0.3 is 19.7 Å². The number of anilines is 1. The number of nitrogens with zero attached hydrogens (tertiary/aromatic N) is 2. The van der Waals surface area contributed by atoms with E-state index in [-0.39, 0.29) is 24.9 Å². The molecule has 1 N–H and O–H groups in total. The number of nitrogens with one attached hydrogen (secondary N) is 1. The second-order valence-electron chi connectivity index (χ2n) is 7.47. The number of amides is 2. The minimum atomic E-state index is -0.261. The van der Waals surface area contributed by atoms with Crippen molar-refractivity contribution in [2.75, 3.05) is 46.7 Å². The van der Waals surface area contributed by atoms with E-state index < -0.39 is 0 Å². The van der Waals surface area contributed by atoms with Crippen LogP contribution in [0.1, 0.15) is 16.7 Å². The molecule has 0 heterocycles. The number of likely N-dealkylation sites (N-methyl/N-ethyl adjacent to an activating group) is 2. The van der Waals surface area contributed by atoms with Crippen molar-refractivity contribution in [1.82, 2.24) is 9.80 Å². The highest BCUT2D eigenvalue weighted by Crippen LogP contribution is 2.24. The number of aryl methyl sites for hydroxylation is 2. The van der Waals surface area contributed by atoms with E-state index in [1.165, 1.54) is 4.90 Å². The van der Waals surface area contributed by atoms with E-state index in [1.54, 1.807) is 45.5 Å². The molecule has 2 rings (SSSR count). The van der Waals surface area contributed by atoms with Gasteiger partial charge in [0.25, 0.3) is 0 Å². The Kier molecular flexibility index (Phi) is 8.24. The summed E-state index contributed by atoms with van der Waals surface area (Å²) in [7, 11) is 6.75. The third-order valence-electron chi connectivity index (χ3n) is 4.74. The third kappa shape index (κ3) is 6.49. The molecular formula is C23H31N3O4. The lowest BCUT2D eigenvalue weighted by Gasteiger charge is -2.22. The van der Waals surface area contributed by atoms with Crippen molar-refractivity contribution in [3.8, 4) is 11.5 Å². The lowest BCUT2D eigenvalue weighted by atomic mass is 10.1. The molecule has 0 fully saturated rings. The summed E-state index contributed by atoms with van der Waals surface area (Å²) in [4.78, 5) is 28.2. The summed E-state index contributed by atoms with van der Waals surface area (Å²) in [6, 6.07) is 11.2. The maximum Gasteiger partial charge on any atom is 0.243 e. The Morgan fingerprint density at radius 2 is 1.63 bits per heavy atom. The Morgan fingerprint density at radius 3 is 2.23 bits per heavy atom. The van der Waals surface area contributed by atoms with Crippen LogP contribution in [0.25, 0.3) is 0 Å². The first-order valence-electron chi connectivity index (χ1n) is 9.74. The van der Waals surface area contributed by atoms with Gasteiger partial charge in [-0.25, -0.2) is 0 Å². The summed E-state index contributed by atoms with van der Waals surface area (Å²) in [6.07, 6.45) is 0. The van der Waals surface area contributed by atoms with Crippen molar-refractivity contribution in [1.29, 1.82) is 0 Å². The number of ether oxygens (including phenoxy) is 2. The standard InChI is InChI=1S/C23H31N3O4/c1-16-10-18(11-17(2)23(16)30-6)13-25(3)15-22(28)26(4)14-21(27)24-19-8-7-9-20(12-19)29-5/h7-12H,13-15H2,1-6H3,(H,24,27). The van der Waals surface area contributed by atoms with Gasteiger partial charge in [0.05, 0.1) is 27.3 Å². The van der Waals surface area contributed by atoms with Gasteiger partial charge in [-0.1, -0.05) is 18.2 Å². The van der Waals surface area contributed by atoms with Crippen molar-refractivity contribution in [2.45, 2.75) is 20.4 Å². The second kappa shape index (κ2) is 10.6. The van der Waals surface area contributed by atoms with Gasteiger partial charge in [0.2, 0.25) is 11.8 Å². The molecule has 30 heavy (non-hydrogen) atoms. The van der Waals surface area contributed by atoms with E-state index in [9.17, 15) is 9.59 Å². The van der Waals surface area contributed by atoms with Crippen molar-refractivity contribution in [3.05, 3.63) is 53.1 Å². The summed E-state index contributed by atoms with van der Waals surface area (Å²) in [5, 5.41) is 2.78. The van der Waals surface area contributed by atoms with Crippen LogP contribution in [-0.2, 0) is 16.1 Å². The van der Waals surface area contributed by atoms with Crippen LogP contribution in [0.3, 0.4) is 0 Å². The Labute approximate surface area is 178 Å². The first kappa shape index (κ1) is 23.2. The number of methoxy groups -OCH3 is 2. The van der Waals surface area contributed by atoms with Crippen molar-refractivity contribution >= 4 is 17.5 Å². The molecule has 162 valence electrons. The number of carbonyl (C=O) groups excluding carboxylic acids is 2. The molecule has 7 nitrogen and oxygen atoms in total. The molecule has 7 heteroatoms. The van der Waals surface area contributed by atoms with E-state index in [0.717, 1.165) is 22.4 Å². The molecule has 2 aromatic carbocycles. The topological polar surface area (TPSA) is 71.1 Å². The lowest BCUT2D eigenvalue weighted by molar-refractivity contribution is -0.134. The fraction of sp³-hybridized carbons (Fsp3) is 0.391. The number of benzene rings is 2. The average molecular weight is 414 g/mol. The van der Waals surface area contributed by atoms with Crippen LogP contribution >= 0.6 is 0 Å². The molecule has 2 aromatic rings. The first-order valence-corrected chi connectivity index (χ1v) is 9.74. The molecule has 0 unspecified atom stereocenters. The molecular weight excluding hydrogens is 382 g/mol. The Morgan fingerprint density at radius 1 is 0.967 bits per heavy atom. The quantitative estimate of drug-likeness (QED) is 0.685. The second-order valence-corrected chi connectivity index (χ2v) is 7.47. The zero-order valence-corrected chi connectivity index (χ0v) is 18.6. The predicted molar refractivity (Wildman–Crippen MR) is 118 cm³/mol. The lowest BCUT2D eigenvalue weighted by Crippen LogP contribution is -2.40. The zero-order chi connectivity index (χ0) is 22.3. The largest absolute Gasteiger partial charge is 0.497 e. The van der Waals surface area contributed by atoms with Crippen LogP contribution in [0.4, 0.5) is 5.69 Å². The molecule has 0 radical (unpaired) electrons. The van der Waals surface area contributed by atoms with Gasteiger partial charge in [0.15, 0.2) is 0 Å². The molecule has 0 aliphatic carbocycles. The average Bonchev–Trinajstić information content (AvgIpc) is 2.67. The van der Waals surface area contributed by atoms with Crippen LogP contribution < -0.4 is 14.8 Å². The molecule has 2 amide bonds. The minimum absolute atomic E-state index is 0.0232. The van der Waals surface area contributed by atoms with Crippen LogP contribution in [0.5, 0.6) is 11.5 Å². The van der Waals surface area contributed by atoms with E-state index in [0.29, 0.717) is 18.0 Å². The highest BCUT2D eigenvalue weighted by atomic mass is 16.5. The highest BCUT2D eigenvalue weighted by molar-refractivity contribution is 5.94. The Balaban J connectivity index is 1.87. The van der Waals surface area contributed by atoms with Crippen molar-refractivity contribution < 1.29 is 19.1 Å². The molecule has 0 aliphatic rings. The van der Waals surface area contributed by atoms with E-state index in [1.807, 2.05) is 25.8 Å². The van der Waals surface area contributed by atoms with E-state index in [2.05, 4.69) is 17.4 Å². The summed E-state index contributed by atoms with van der Waals surface area (Å²) < 4.78 is 10.6. The van der Waals surface area contributed by atoms with E-state index in [4.69, 9.17) is 9.47 Å². The van der Waals surface area contributed by atoms with Gasteiger partial charge in [-0.2, -0.15) is 0 Å².